The molecule has 2 N–H and O–H groups in total. The Hall–Kier alpha value is 0.922. The van der Waals surface area contributed by atoms with Crippen LogP contribution in [0, 0.1) is 20.5 Å². The van der Waals surface area contributed by atoms with Crippen molar-refractivity contribution in [1.29, 1.82) is 0 Å². The summed E-state index contributed by atoms with van der Waals surface area (Å²) < 4.78 is 65.4. The molecule has 8 nitrogen and oxygen atoms in total. The van der Waals surface area contributed by atoms with E-state index in [1.54, 1.807) is 0 Å². The predicted octanol–water partition coefficient (Wildman–Crippen LogP) is -8.25. The molecule has 0 aliphatic carbocycles. The third-order valence-electron chi connectivity index (χ3n) is 0. The van der Waals surface area contributed by atoms with Crippen molar-refractivity contribution in [2.24, 2.45) is 0 Å². The van der Waals surface area contributed by atoms with Crippen molar-refractivity contribution < 1.29 is 78.2 Å². The van der Waals surface area contributed by atoms with E-state index in [2.05, 4.69) is 0 Å². The molecule has 11 heavy (non-hydrogen) atoms. The molecule has 74 valence electrons. The van der Waals surface area contributed by atoms with Gasteiger partial charge in [0, 0.05) is 20.4 Å². The molecule has 0 saturated carbocycles. The third-order valence-corrected chi connectivity index (χ3v) is 0. The average molecular weight is 307 g/mol. The summed E-state index contributed by atoms with van der Waals surface area (Å²) in [5.74, 6) is 0. The SMILES string of the molecule is [O-][Cl+3]([O-])([O-])O.[O-][Cl+3]([O-])([O-])O.[Pd]. The van der Waals surface area contributed by atoms with Gasteiger partial charge >= 0.3 is 0 Å². The summed E-state index contributed by atoms with van der Waals surface area (Å²) in [6.07, 6.45) is 0. The first-order valence-electron chi connectivity index (χ1n) is 1.26. The summed E-state index contributed by atoms with van der Waals surface area (Å²) in [5.41, 5.74) is 0. The largest absolute Gasteiger partial charge is 0.183 e. The molecule has 0 heterocycles. The Morgan fingerprint density at radius 2 is 0.636 bits per heavy atom. The zero-order valence-corrected chi connectivity index (χ0v) is 7.48. The van der Waals surface area contributed by atoms with Crippen molar-refractivity contribution in [1.82, 2.24) is 0 Å². The molecule has 0 amide bonds. The molecule has 0 bridgehead atoms. The Balaban J connectivity index is -0.000000107. The molecular formula is H2Cl2O8Pd. The van der Waals surface area contributed by atoms with Gasteiger partial charge in [0.1, 0.15) is 0 Å². The van der Waals surface area contributed by atoms with Gasteiger partial charge in [-0.15, -0.1) is 0 Å². The van der Waals surface area contributed by atoms with E-state index in [9.17, 15) is 0 Å². The second-order valence-corrected chi connectivity index (χ2v) is 2.38. The molecule has 0 fully saturated rings. The van der Waals surface area contributed by atoms with Crippen LogP contribution in [0.15, 0.2) is 0 Å². The topological polar surface area (TPSA) is 179 Å². The Bertz CT molecular complexity index is 55.1. The van der Waals surface area contributed by atoms with Crippen LogP contribution in [0.4, 0.5) is 0 Å². The Morgan fingerprint density at radius 3 is 0.636 bits per heavy atom. The average Bonchev–Trinajstić information content (AvgIpc) is 1.12. The minimum Gasteiger partial charge on any atom is -0.183 e. The van der Waals surface area contributed by atoms with E-state index in [0.29, 0.717) is 0 Å². The Labute approximate surface area is 78.4 Å². The van der Waals surface area contributed by atoms with E-state index < -0.39 is 20.5 Å². The van der Waals surface area contributed by atoms with Crippen molar-refractivity contribution >= 4 is 0 Å². The quantitative estimate of drug-likeness (QED) is 0.414. The minimum atomic E-state index is -4.69. The third kappa shape index (κ3) is 1020. The minimum absolute atomic E-state index is 0. The number of hydrogen-bond donors (Lipinski definition) is 2. The Kier molecular flexibility index (Phi) is 10.5. The molecule has 0 aliphatic rings. The zero-order valence-electron chi connectivity index (χ0n) is 4.42. The van der Waals surface area contributed by atoms with Gasteiger partial charge in [0.05, 0.1) is 29.8 Å². The first-order chi connectivity index (χ1) is 4.00. The fourth-order valence-corrected chi connectivity index (χ4v) is 0. The van der Waals surface area contributed by atoms with Crippen LogP contribution in [-0.2, 0) is 20.4 Å². The monoisotopic (exact) mass is 306 g/mol. The first-order valence-corrected chi connectivity index (χ1v) is 3.79. The van der Waals surface area contributed by atoms with Gasteiger partial charge in [-0.05, 0) is 0 Å². The van der Waals surface area contributed by atoms with E-state index in [-0.39, 0.29) is 20.4 Å². The standard InChI is InChI=1S/2ClHO4.Pd/c2*2-1(3,4)5;/h2*(H,2,3,4,5);. The normalized spacial score (nSPS) is 10.9. The van der Waals surface area contributed by atoms with Gasteiger partial charge in [-0.2, -0.15) is 28.0 Å². The van der Waals surface area contributed by atoms with Crippen LogP contribution in [-0.4, -0.2) is 9.32 Å². The summed E-state index contributed by atoms with van der Waals surface area (Å²) in [6, 6.07) is 0. The summed E-state index contributed by atoms with van der Waals surface area (Å²) in [4.78, 5) is 0. The van der Waals surface area contributed by atoms with Crippen LogP contribution in [0.3, 0.4) is 0 Å². The van der Waals surface area contributed by atoms with E-state index >= 15 is 0 Å². The van der Waals surface area contributed by atoms with Gasteiger partial charge in [-0.1, -0.05) is 0 Å². The summed E-state index contributed by atoms with van der Waals surface area (Å²) >= 11 is 0. The van der Waals surface area contributed by atoms with Gasteiger partial charge in [-0.3, -0.25) is 0 Å². The summed E-state index contributed by atoms with van der Waals surface area (Å²) in [5, 5.41) is 0. The number of halogens is 2. The van der Waals surface area contributed by atoms with Gasteiger partial charge in [0.15, 0.2) is 0 Å². The fourth-order valence-electron chi connectivity index (χ4n) is 0. The molecule has 0 aromatic carbocycles. The molecule has 0 aromatic heterocycles. The molecule has 0 atom stereocenters. The number of hydrogen-bond acceptors (Lipinski definition) is 8. The number of rotatable bonds is 0. The second-order valence-electron chi connectivity index (χ2n) is 0.792. The maximum absolute atomic E-state index is 8.60. The van der Waals surface area contributed by atoms with E-state index in [1.807, 2.05) is 0 Å². The first kappa shape index (κ1) is 17.9. The van der Waals surface area contributed by atoms with Gasteiger partial charge in [0.25, 0.3) is 0 Å². The maximum atomic E-state index is 8.60. The van der Waals surface area contributed by atoms with Crippen molar-refractivity contribution in [3.8, 4) is 0 Å². The molecule has 0 unspecified atom stereocenters. The molecule has 0 spiro atoms. The molecule has 11 heteroatoms. The van der Waals surface area contributed by atoms with E-state index in [1.165, 1.54) is 0 Å². The van der Waals surface area contributed by atoms with Gasteiger partial charge in [0.2, 0.25) is 0 Å². The van der Waals surface area contributed by atoms with Gasteiger partial charge in [-0.25, -0.2) is 0 Å². The molecule has 0 rings (SSSR count). The maximum Gasteiger partial charge on any atom is 0.0777 e. The summed E-state index contributed by atoms with van der Waals surface area (Å²) in [6.45, 7) is 0. The van der Waals surface area contributed by atoms with Crippen molar-refractivity contribution in [2.75, 3.05) is 0 Å². The predicted molar refractivity (Wildman–Crippen MR) is 4.44 cm³/mol. The molecule has 0 aromatic rings. The Morgan fingerprint density at radius 1 is 0.636 bits per heavy atom. The smallest absolute Gasteiger partial charge is 0.0777 e. The summed E-state index contributed by atoms with van der Waals surface area (Å²) in [7, 11) is -9.39. The van der Waals surface area contributed by atoms with Crippen LogP contribution >= 0.6 is 0 Å². The van der Waals surface area contributed by atoms with Crippen LogP contribution in [0.25, 0.3) is 0 Å². The van der Waals surface area contributed by atoms with Crippen molar-refractivity contribution in [3.63, 3.8) is 0 Å². The van der Waals surface area contributed by atoms with Crippen molar-refractivity contribution in [2.45, 2.75) is 0 Å². The van der Waals surface area contributed by atoms with Crippen LogP contribution in [0.1, 0.15) is 0 Å². The zero-order chi connectivity index (χ0) is 9.00. The van der Waals surface area contributed by atoms with E-state index in [0.717, 1.165) is 0 Å². The molecular weight excluding hydrogens is 305 g/mol. The van der Waals surface area contributed by atoms with E-state index in [4.69, 9.17) is 37.3 Å². The van der Waals surface area contributed by atoms with Gasteiger partial charge < -0.3 is 0 Å². The molecule has 0 aliphatic heterocycles. The van der Waals surface area contributed by atoms with Crippen LogP contribution in [0.2, 0.25) is 0 Å². The molecule has 0 radical (unpaired) electrons. The molecule has 0 saturated heterocycles. The van der Waals surface area contributed by atoms with Crippen molar-refractivity contribution in [3.05, 3.63) is 0 Å². The fraction of sp³-hybridized carbons (Fsp3) is 0. The van der Waals surface area contributed by atoms with Crippen LogP contribution in [0.5, 0.6) is 0 Å². The van der Waals surface area contributed by atoms with Crippen LogP contribution < -0.4 is 28.0 Å². The second kappa shape index (κ2) is 6.44.